The van der Waals surface area contributed by atoms with Crippen molar-refractivity contribution >= 4 is 22.2 Å². The van der Waals surface area contributed by atoms with Gasteiger partial charge in [0.15, 0.2) is 5.82 Å². The summed E-state index contributed by atoms with van der Waals surface area (Å²) in [6.45, 7) is 4.48. The standard InChI is InChI=1S/C27H29N7O/c1-35-12-11-32-10-9-22(16-32)25-14-23(26-27(28)29-18-30-34(25)26)20-7-8-21-17-33(31-24(21)13-20)15-19-5-3-2-4-6-19/h2-8,13-14,17-18,22H,9-12,15-16H2,1H3,(H2,28,29,30). The van der Waals surface area contributed by atoms with Crippen molar-refractivity contribution in [1.29, 1.82) is 0 Å². The molecule has 1 fully saturated rings. The van der Waals surface area contributed by atoms with Gasteiger partial charge in [-0.05, 0) is 36.2 Å². The molecule has 8 nitrogen and oxygen atoms in total. The molecule has 0 aliphatic carbocycles. The number of fused-ring (bicyclic) bond motifs is 2. The average molecular weight is 468 g/mol. The summed E-state index contributed by atoms with van der Waals surface area (Å²) in [5.74, 6) is 0.876. The summed E-state index contributed by atoms with van der Waals surface area (Å²) in [6.07, 6.45) is 4.73. The Morgan fingerprint density at radius 2 is 2.00 bits per heavy atom. The fourth-order valence-corrected chi connectivity index (χ4v) is 5.19. The number of nitrogens with two attached hydrogens (primary N) is 1. The Morgan fingerprint density at radius 3 is 2.86 bits per heavy atom. The van der Waals surface area contributed by atoms with Gasteiger partial charge in [-0.1, -0.05) is 42.5 Å². The maximum Gasteiger partial charge on any atom is 0.151 e. The smallest absolute Gasteiger partial charge is 0.151 e. The van der Waals surface area contributed by atoms with Crippen LogP contribution in [0.5, 0.6) is 0 Å². The lowest BCUT2D eigenvalue weighted by molar-refractivity contribution is 0.160. The minimum atomic E-state index is 0.385. The van der Waals surface area contributed by atoms with Crippen LogP contribution in [0.4, 0.5) is 5.82 Å². The average Bonchev–Trinajstić information content (AvgIpc) is 3.59. The van der Waals surface area contributed by atoms with E-state index in [-0.39, 0.29) is 0 Å². The largest absolute Gasteiger partial charge is 0.383 e. The van der Waals surface area contributed by atoms with Gasteiger partial charge in [0, 0.05) is 49.0 Å². The second-order valence-corrected chi connectivity index (χ2v) is 9.25. The first-order valence-electron chi connectivity index (χ1n) is 12.0. The molecular weight excluding hydrogens is 438 g/mol. The first kappa shape index (κ1) is 21.8. The molecule has 1 aliphatic heterocycles. The van der Waals surface area contributed by atoms with Crippen LogP contribution in [0, 0.1) is 0 Å². The van der Waals surface area contributed by atoms with Gasteiger partial charge >= 0.3 is 0 Å². The highest BCUT2D eigenvalue weighted by molar-refractivity contribution is 5.92. The SMILES string of the molecule is COCCN1CCC(c2cc(-c3ccc4cn(Cc5ccccc5)nc4c3)c3c(N)ncnn23)C1. The van der Waals surface area contributed by atoms with Crippen molar-refractivity contribution < 1.29 is 4.74 Å². The molecule has 1 saturated heterocycles. The van der Waals surface area contributed by atoms with Crippen LogP contribution in [0.1, 0.15) is 23.6 Å². The molecule has 0 saturated carbocycles. The van der Waals surface area contributed by atoms with Gasteiger partial charge in [-0.25, -0.2) is 9.50 Å². The van der Waals surface area contributed by atoms with E-state index in [1.807, 2.05) is 15.3 Å². The number of methoxy groups -OCH3 is 1. The Hall–Kier alpha value is -3.75. The molecule has 1 atom stereocenters. The maximum atomic E-state index is 6.38. The van der Waals surface area contributed by atoms with Crippen LogP contribution in [0.25, 0.3) is 27.5 Å². The van der Waals surface area contributed by atoms with Gasteiger partial charge < -0.3 is 15.4 Å². The van der Waals surface area contributed by atoms with Gasteiger partial charge in [-0.15, -0.1) is 0 Å². The van der Waals surface area contributed by atoms with E-state index in [1.54, 1.807) is 13.4 Å². The zero-order valence-corrected chi connectivity index (χ0v) is 19.8. The zero-order valence-electron chi connectivity index (χ0n) is 19.8. The molecule has 0 bridgehead atoms. The molecule has 2 aromatic carbocycles. The van der Waals surface area contributed by atoms with Gasteiger partial charge in [-0.2, -0.15) is 10.2 Å². The fourth-order valence-electron chi connectivity index (χ4n) is 5.19. The van der Waals surface area contributed by atoms with E-state index in [1.165, 1.54) is 11.3 Å². The van der Waals surface area contributed by atoms with Crippen LogP contribution >= 0.6 is 0 Å². The van der Waals surface area contributed by atoms with E-state index >= 15 is 0 Å². The van der Waals surface area contributed by atoms with Crippen molar-refractivity contribution in [3.63, 3.8) is 0 Å². The number of anilines is 1. The van der Waals surface area contributed by atoms with Crippen molar-refractivity contribution in [3.8, 4) is 11.1 Å². The number of nitrogens with zero attached hydrogens (tertiary/aromatic N) is 6. The van der Waals surface area contributed by atoms with Crippen molar-refractivity contribution in [2.45, 2.75) is 18.9 Å². The highest BCUT2D eigenvalue weighted by atomic mass is 16.5. The number of hydrogen-bond acceptors (Lipinski definition) is 6. The summed E-state index contributed by atoms with van der Waals surface area (Å²) in [6, 6.07) is 19.0. The van der Waals surface area contributed by atoms with Crippen molar-refractivity contribution in [3.05, 3.63) is 78.4 Å². The second kappa shape index (κ2) is 9.13. The molecule has 0 radical (unpaired) electrons. The summed E-state index contributed by atoms with van der Waals surface area (Å²) in [7, 11) is 1.75. The number of ether oxygens (including phenoxy) is 1. The normalized spacial score (nSPS) is 16.5. The van der Waals surface area contributed by atoms with Crippen LogP contribution in [0.3, 0.4) is 0 Å². The van der Waals surface area contributed by atoms with Crippen LogP contribution in [-0.4, -0.2) is 62.6 Å². The Kier molecular flexibility index (Phi) is 5.67. The Labute approximate surface area is 203 Å². The quantitative estimate of drug-likeness (QED) is 0.392. The Balaban J connectivity index is 1.36. The number of nitrogen functional groups attached to an aromatic ring is 1. The monoisotopic (exact) mass is 467 g/mol. The lowest BCUT2D eigenvalue weighted by Gasteiger charge is -2.15. The highest BCUT2D eigenvalue weighted by Crippen LogP contribution is 2.37. The van der Waals surface area contributed by atoms with E-state index in [9.17, 15) is 0 Å². The molecule has 2 N–H and O–H groups in total. The predicted molar refractivity (Wildman–Crippen MR) is 137 cm³/mol. The Morgan fingerprint density at radius 1 is 1.11 bits per heavy atom. The fraction of sp³-hybridized carbons (Fsp3) is 0.296. The minimum absolute atomic E-state index is 0.385. The van der Waals surface area contributed by atoms with Crippen LogP contribution < -0.4 is 5.73 Å². The van der Waals surface area contributed by atoms with E-state index < -0.39 is 0 Å². The van der Waals surface area contributed by atoms with Crippen LogP contribution in [0.2, 0.25) is 0 Å². The number of benzene rings is 2. The molecular formula is C27H29N7O. The van der Waals surface area contributed by atoms with Gasteiger partial charge in [-0.3, -0.25) is 4.68 Å². The highest BCUT2D eigenvalue weighted by Gasteiger charge is 2.28. The van der Waals surface area contributed by atoms with Crippen molar-refractivity contribution in [2.75, 3.05) is 39.1 Å². The van der Waals surface area contributed by atoms with Gasteiger partial charge in [0.05, 0.1) is 18.7 Å². The lowest BCUT2D eigenvalue weighted by Crippen LogP contribution is -2.24. The molecule has 1 aliphatic rings. The Bertz CT molecular complexity index is 1470. The maximum absolute atomic E-state index is 6.38. The minimum Gasteiger partial charge on any atom is -0.383 e. The van der Waals surface area contributed by atoms with Gasteiger partial charge in [0.25, 0.3) is 0 Å². The van der Waals surface area contributed by atoms with E-state index in [4.69, 9.17) is 15.6 Å². The summed E-state index contributed by atoms with van der Waals surface area (Å²) in [4.78, 5) is 6.75. The molecule has 4 heterocycles. The lowest BCUT2D eigenvalue weighted by atomic mass is 10.0. The number of aromatic nitrogens is 5. The van der Waals surface area contributed by atoms with E-state index in [0.717, 1.165) is 66.8 Å². The number of rotatable bonds is 7. The number of likely N-dealkylation sites (tertiary alicyclic amines) is 1. The molecule has 35 heavy (non-hydrogen) atoms. The van der Waals surface area contributed by atoms with Crippen LogP contribution in [-0.2, 0) is 11.3 Å². The molecule has 8 heteroatoms. The van der Waals surface area contributed by atoms with Gasteiger partial charge in [0.1, 0.15) is 11.8 Å². The molecule has 1 unspecified atom stereocenters. The summed E-state index contributed by atoms with van der Waals surface area (Å²) >= 11 is 0. The summed E-state index contributed by atoms with van der Waals surface area (Å²) in [5, 5.41) is 10.6. The predicted octanol–water partition coefficient (Wildman–Crippen LogP) is 3.81. The van der Waals surface area contributed by atoms with Crippen molar-refractivity contribution in [2.24, 2.45) is 0 Å². The first-order chi connectivity index (χ1) is 17.2. The third-order valence-corrected chi connectivity index (χ3v) is 6.97. The van der Waals surface area contributed by atoms with Gasteiger partial charge in [0.2, 0.25) is 0 Å². The molecule has 0 amide bonds. The third kappa shape index (κ3) is 4.15. The first-order valence-corrected chi connectivity index (χ1v) is 12.0. The molecule has 6 rings (SSSR count). The summed E-state index contributed by atoms with van der Waals surface area (Å²) in [5.41, 5.74) is 12.7. The van der Waals surface area contributed by atoms with E-state index in [2.05, 4.69) is 69.7 Å². The van der Waals surface area contributed by atoms with Crippen LogP contribution in [0.15, 0.2) is 67.1 Å². The summed E-state index contributed by atoms with van der Waals surface area (Å²) < 4.78 is 9.26. The third-order valence-electron chi connectivity index (χ3n) is 6.97. The molecule has 5 aromatic rings. The van der Waals surface area contributed by atoms with Crippen molar-refractivity contribution in [1.82, 2.24) is 29.3 Å². The molecule has 0 spiro atoms. The molecule has 3 aromatic heterocycles. The second-order valence-electron chi connectivity index (χ2n) is 9.25. The molecule has 178 valence electrons. The number of hydrogen-bond donors (Lipinski definition) is 1. The zero-order chi connectivity index (χ0) is 23.8. The topological polar surface area (TPSA) is 86.5 Å². The van der Waals surface area contributed by atoms with E-state index in [0.29, 0.717) is 11.7 Å².